The Balaban J connectivity index is 1.49. The van der Waals surface area contributed by atoms with Crippen molar-refractivity contribution in [1.82, 2.24) is 0 Å². The minimum atomic E-state index is -0.402. The Morgan fingerprint density at radius 2 is 1.38 bits per heavy atom. The number of nitrogens with zero attached hydrogens (tertiary/aromatic N) is 2. The first kappa shape index (κ1) is 17.5. The molecule has 2 amide bonds. The van der Waals surface area contributed by atoms with E-state index in [-0.39, 0.29) is 12.3 Å². The molecule has 3 rings (SSSR count). The molecule has 0 atom stereocenters. The van der Waals surface area contributed by atoms with Gasteiger partial charge < -0.3 is 15.5 Å². The number of rotatable bonds is 5. The van der Waals surface area contributed by atoms with Gasteiger partial charge >= 0.3 is 0 Å². The van der Waals surface area contributed by atoms with Crippen molar-refractivity contribution in [2.45, 2.75) is 19.3 Å². The molecule has 26 heavy (non-hydrogen) atoms. The second kappa shape index (κ2) is 8.17. The molecule has 0 bridgehead atoms. The SMILES string of the molecule is N#Cc1ccc(NC(=O)CC(=O)Nc2ccc(N3CCCC3)cc2)cc1. The molecular weight excluding hydrogens is 328 g/mol. The summed E-state index contributed by atoms with van der Waals surface area (Å²) in [6.07, 6.45) is 2.16. The summed E-state index contributed by atoms with van der Waals surface area (Å²) < 4.78 is 0. The minimum absolute atomic E-state index is 0.270. The van der Waals surface area contributed by atoms with Crippen LogP contribution in [0.2, 0.25) is 0 Å². The van der Waals surface area contributed by atoms with E-state index in [0.29, 0.717) is 16.9 Å². The number of benzene rings is 2. The van der Waals surface area contributed by atoms with Crippen LogP contribution >= 0.6 is 0 Å². The molecule has 2 N–H and O–H groups in total. The molecule has 0 unspecified atom stereocenters. The highest BCUT2D eigenvalue weighted by Crippen LogP contribution is 2.22. The molecule has 1 fully saturated rings. The summed E-state index contributed by atoms with van der Waals surface area (Å²) in [5.41, 5.74) is 2.89. The van der Waals surface area contributed by atoms with Gasteiger partial charge in [0.1, 0.15) is 6.42 Å². The van der Waals surface area contributed by atoms with Gasteiger partial charge in [0.25, 0.3) is 0 Å². The van der Waals surface area contributed by atoms with Gasteiger partial charge in [-0.05, 0) is 61.4 Å². The molecule has 2 aromatic rings. The number of anilines is 3. The normalized spacial score (nSPS) is 13.1. The summed E-state index contributed by atoms with van der Waals surface area (Å²) in [6.45, 7) is 2.14. The van der Waals surface area contributed by atoms with Crippen molar-refractivity contribution in [3.05, 3.63) is 54.1 Å². The fourth-order valence-electron chi connectivity index (χ4n) is 2.92. The molecule has 0 radical (unpaired) electrons. The maximum Gasteiger partial charge on any atom is 0.233 e. The average Bonchev–Trinajstić information content (AvgIpc) is 3.17. The Hall–Kier alpha value is -3.33. The lowest BCUT2D eigenvalue weighted by Crippen LogP contribution is -2.21. The highest BCUT2D eigenvalue weighted by atomic mass is 16.2. The Morgan fingerprint density at radius 3 is 1.88 bits per heavy atom. The summed E-state index contributed by atoms with van der Waals surface area (Å²) >= 11 is 0. The number of nitrogens with one attached hydrogen (secondary N) is 2. The standard InChI is InChI=1S/C20H20N4O2/c21-14-15-3-5-16(6-4-15)22-19(25)13-20(26)23-17-7-9-18(10-8-17)24-11-1-2-12-24/h3-10H,1-2,11-13H2,(H,22,25)(H,23,26). The van der Waals surface area contributed by atoms with E-state index in [2.05, 4.69) is 15.5 Å². The molecule has 1 aliphatic heterocycles. The first-order valence-electron chi connectivity index (χ1n) is 8.59. The van der Waals surface area contributed by atoms with Crippen molar-refractivity contribution in [3.63, 3.8) is 0 Å². The predicted octanol–water partition coefficient (Wildman–Crippen LogP) is 3.13. The molecule has 1 aliphatic rings. The Bertz CT molecular complexity index is 816. The predicted molar refractivity (Wildman–Crippen MR) is 101 cm³/mol. The number of hydrogen-bond donors (Lipinski definition) is 2. The maximum atomic E-state index is 12.0. The summed E-state index contributed by atoms with van der Waals surface area (Å²) in [6, 6.07) is 16.2. The lowest BCUT2D eigenvalue weighted by Gasteiger charge is -2.17. The van der Waals surface area contributed by atoms with Crippen molar-refractivity contribution in [2.75, 3.05) is 28.6 Å². The van der Waals surface area contributed by atoms with Gasteiger partial charge in [0.15, 0.2) is 0 Å². The molecule has 0 aromatic heterocycles. The molecular formula is C20H20N4O2. The molecule has 0 saturated carbocycles. The molecule has 1 heterocycles. The van der Waals surface area contributed by atoms with E-state index in [0.717, 1.165) is 18.8 Å². The average molecular weight is 348 g/mol. The summed E-state index contributed by atoms with van der Waals surface area (Å²) in [5.74, 6) is -0.772. The van der Waals surface area contributed by atoms with Gasteiger partial charge in [0.2, 0.25) is 11.8 Å². The van der Waals surface area contributed by atoms with Crippen LogP contribution in [0.1, 0.15) is 24.8 Å². The zero-order valence-corrected chi connectivity index (χ0v) is 14.4. The zero-order valence-electron chi connectivity index (χ0n) is 14.4. The molecule has 6 heteroatoms. The third-order valence-electron chi connectivity index (χ3n) is 4.24. The molecule has 6 nitrogen and oxygen atoms in total. The smallest absolute Gasteiger partial charge is 0.233 e. The molecule has 0 spiro atoms. The number of nitriles is 1. The summed E-state index contributed by atoms with van der Waals surface area (Å²) in [4.78, 5) is 26.3. The van der Waals surface area contributed by atoms with Gasteiger partial charge in [-0.1, -0.05) is 0 Å². The Kier molecular flexibility index (Phi) is 5.49. The number of carbonyl (C=O) groups is 2. The topological polar surface area (TPSA) is 85.2 Å². The van der Waals surface area contributed by atoms with Crippen LogP contribution in [-0.2, 0) is 9.59 Å². The van der Waals surface area contributed by atoms with Gasteiger partial charge in [0, 0.05) is 30.2 Å². The monoisotopic (exact) mass is 348 g/mol. The van der Waals surface area contributed by atoms with E-state index in [1.807, 2.05) is 30.3 Å². The highest BCUT2D eigenvalue weighted by molar-refractivity contribution is 6.08. The van der Waals surface area contributed by atoms with Crippen molar-refractivity contribution in [3.8, 4) is 6.07 Å². The summed E-state index contributed by atoms with van der Waals surface area (Å²) in [5, 5.41) is 14.1. The van der Waals surface area contributed by atoms with Crippen LogP contribution in [0.15, 0.2) is 48.5 Å². The van der Waals surface area contributed by atoms with E-state index in [4.69, 9.17) is 5.26 Å². The van der Waals surface area contributed by atoms with Crippen LogP contribution < -0.4 is 15.5 Å². The molecule has 0 aliphatic carbocycles. The van der Waals surface area contributed by atoms with Gasteiger partial charge in [0.05, 0.1) is 11.6 Å². The fourth-order valence-corrected chi connectivity index (χ4v) is 2.92. The van der Waals surface area contributed by atoms with E-state index in [1.54, 1.807) is 24.3 Å². The van der Waals surface area contributed by atoms with Gasteiger partial charge in [-0.15, -0.1) is 0 Å². The van der Waals surface area contributed by atoms with E-state index >= 15 is 0 Å². The number of amides is 2. The van der Waals surface area contributed by atoms with Crippen molar-refractivity contribution in [1.29, 1.82) is 5.26 Å². The van der Waals surface area contributed by atoms with Crippen LogP contribution in [0.3, 0.4) is 0 Å². The molecule has 2 aromatic carbocycles. The first-order chi connectivity index (χ1) is 12.6. The Labute approximate surface area is 152 Å². The number of hydrogen-bond acceptors (Lipinski definition) is 4. The van der Waals surface area contributed by atoms with Crippen LogP contribution in [0.5, 0.6) is 0 Å². The minimum Gasteiger partial charge on any atom is -0.372 e. The van der Waals surface area contributed by atoms with Crippen LogP contribution in [-0.4, -0.2) is 24.9 Å². The quantitative estimate of drug-likeness (QED) is 0.813. The van der Waals surface area contributed by atoms with E-state index < -0.39 is 5.91 Å². The molecule has 132 valence electrons. The number of carbonyl (C=O) groups excluding carboxylic acids is 2. The van der Waals surface area contributed by atoms with Crippen molar-refractivity contribution in [2.24, 2.45) is 0 Å². The van der Waals surface area contributed by atoms with Gasteiger partial charge in [-0.2, -0.15) is 5.26 Å². The largest absolute Gasteiger partial charge is 0.372 e. The van der Waals surface area contributed by atoms with Crippen molar-refractivity contribution >= 4 is 28.9 Å². The van der Waals surface area contributed by atoms with Crippen molar-refractivity contribution < 1.29 is 9.59 Å². The van der Waals surface area contributed by atoms with Crippen LogP contribution in [0.25, 0.3) is 0 Å². The first-order valence-corrected chi connectivity index (χ1v) is 8.59. The lowest BCUT2D eigenvalue weighted by molar-refractivity contribution is -0.123. The zero-order chi connectivity index (χ0) is 18.4. The lowest BCUT2D eigenvalue weighted by atomic mass is 10.2. The summed E-state index contributed by atoms with van der Waals surface area (Å²) in [7, 11) is 0. The maximum absolute atomic E-state index is 12.0. The Morgan fingerprint density at radius 1 is 0.885 bits per heavy atom. The second-order valence-corrected chi connectivity index (χ2v) is 6.20. The van der Waals surface area contributed by atoms with E-state index in [1.165, 1.54) is 12.8 Å². The van der Waals surface area contributed by atoms with E-state index in [9.17, 15) is 9.59 Å². The van der Waals surface area contributed by atoms with Gasteiger partial charge in [-0.25, -0.2) is 0 Å². The van der Waals surface area contributed by atoms with Crippen LogP contribution in [0, 0.1) is 11.3 Å². The fraction of sp³-hybridized carbons (Fsp3) is 0.250. The van der Waals surface area contributed by atoms with Crippen LogP contribution in [0.4, 0.5) is 17.1 Å². The third kappa shape index (κ3) is 4.61. The second-order valence-electron chi connectivity index (χ2n) is 6.20. The van der Waals surface area contributed by atoms with Gasteiger partial charge in [-0.3, -0.25) is 9.59 Å². The third-order valence-corrected chi connectivity index (χ3v) is 4.24. The highest BCUT2D eigenvalue weighted by Gasteiger charge is 2.13. The molecule has 1 saturated heterocycles.